The van der Waals surface area contributed by atoms with Crippen LogP contribution in [0.15, 0.2) is 42.5 Å². The molecule has 0 aliphatic carbocycles. The summed E-state index contributed by atoms with van der Waals surface area (Å²) >= 11 is 0. The number of nitrogen functional groups attached to an aromatic ring is 1. The summed E-state index contributed by atoms with van der Waals surface area (Å²) < 4.78 is 5.23. The number of methoxy groups -OCH3 is 1. The molecule has 0 radical (unpaired) electrons. The van der Waals surface area contributed by atoms with E-state index in [0.29, 0.717) is 18.1 Å². The molecule has 0 saturated carbocycles. The van der Waals surface area contributed by atoms with Crippen molar-refractivity contribution in [2.24, 2.45) is 5.84 Å². The molecule has 4 N–H and O–H groups in total. The lowest BCUT2D eigenvalue weighted by Crippen LogP contribution is -2.24. The number of carbonyl (C=O) groups excluding carboxylic acids is 1. The molecular formula is C14H16N4O2. The molecule has 1 aromatic carbocycles. The second kappa shape index (κ2) is 6.53. The van der Waals surface area contributed by atoms with E-state index in [1.807, 2.05) is 24.3 Å². The monoisotopic (exact) mass is 272 g/mol. The molecule has 104 valence electrons. The van der Waals surface area contributed by atoms with Crippen LogP contribution < -0.4 is 21.3 Å². The third kappa shape index (κ3) is 3.24. The van der Waals surface area contributed by atoms with E-state index >= 15 is 0 Å². The summed E-state index contributed by atoms with van der Waals surface area (Å²) in [5, 5.41) is 2.79. The molecule has 0 fully saturated rings. The summed E-state index contributed by atoms with van der Waals surface area (Å²) in [5.74, 6) is 6.16. The van der Waals surface area contributed by atoms with Crippen LogP contribution in [0.3, 0.4) is 0 Å². The van der Waals surface area contributed by atoms with Crippen molar-refractivity contribution in [3.05, 3.63) is 53.7 Å². The van der Waals surface area contributed by atoms with Crippen LogP contribution in [0.25, 0.3) is 0 Å². The molecule has 0 aliphatic heterocycles. The molecule has 20 heavy (non-hydrogen) atoms. The van der Waals surface area contributed by atoms with Crippen molar-refractivity contribution in [3.8, 4) is 5.75 Å². The Bertz CT molecular complexity index is 601. The Morgan fingerprint density at radius 3 is 2.80 bits per heavy atom. The molecule has 6 heteroatoms. The lowest BCUT2D eigenvalue weighted by molar-refractivity contribution is 0.0946. The maximum atomic E-state index is 12.0. The minimum absolute atomic E-state index is 0.270. The van der Waals surface area contributed by atoms with Crippen molar-refractivity contribution in [3.63, 3.8) is 0 Å². The van der Waals surface area contributed by atoms with Gasteiger partial charge in [-0.05, 0) is 18.2 Å². The number of nitrogens with one attached hydrogen (secondary N) is 2. The van der Waals surface area contributed by atoms with E-state index in [2.05, 4.69) is 15.7 Å². The zero-order valence-corrected chi connectivity index (χ0v) is 11.1. The predicted octanol–water partition coefficient (Wildman–Crippen LogP) is 1.31. The second-order valence-electron chi connectivity index (χ2n) is 4.05. The van der Waals surface area contributed by atoms with Gasteiger partial charge in [0.15, 0.2) is 0 Å². The molecule has 1 aromatic heterocycles. The van der Waals surface area contributed by atoms with E-state index in [1.54, 1.807) is 25.3 Å². The largest absolute Gasteiger partial charge is 0.496 e. The van der Waals surface area contributed by atoms with Crippen LogP contribution in [-0.2, 0) is 6.54 Å². The number of carbonyl (C=O) groups is 1. The molecule has 2 aromatic rings. The van der Waals surface area contributed by atoms with E-state index in [-0.39, 0.29) is 5.91 Å². The number of nitrogens with zero attached hydrogens (tertiary/aromatic N) is 1. The minimum atomic E-state index is -0.270. The molecule has 0 saturated heterocycles. The van der Waals surface area contributed by atoms with Gasteiger partial charge in [0.25, 0.3) is 5.91 Å². The molecular weight excluding hydrogens is 256 g/mol. The molecule has 0 aliphatic rings. The summed E-state index contributed by atoms with van der Waals surface area (Å²) in [5.41, 5.74) is 3.60. The second-order valence-corrected chi connectivity index (χ2v) is 4.05. The van der Waals surface area contributed by atoms with Gasteiger partial charge in [0.1, 0.15) is 17.3 Å². The smallest absolute Gasteiger partial charge is 0.270 e. The number of rotatable bonds is 5. The van der Waals surface area contributed by atoms with E-state index < -0.39 is 0 Å². The van der Waals surface area contributed by atoms with Gasteiger partial charge in [0.05, 0.1) is 7.11 Å². The Morgan fingerprint density at radius 1 is 1.25 bits per heavy atom. The first-order valence-corrected chi connectivity index (χ1v) is 6.08. The lowest BCUT2D eigenvalue weighted by atomic mass is 10.2. The van der Waals surface area contributed by atoms with E-state index in [9.17, 15) is 4.79 Å². The van der Waals surface area contributed by atoms with Crippen molar-refractivity contribution >= 4 is 11.7 Å². The van der Waals surface area contributed by atoms with Gasteiger partial charge >= 0.3 is 0 Å². The number of para-hydroxylation sites is 1. The molecule has 1 amide bonds. The highest BCUT2D eigenvalue weighted by atomic mass is 16.5. The highest BCUT2D eigenvalue weighted by Crippen LogP contribution is 2.16. The topological polar surface area (TPSA) is 89.3 Å². The SMILES string of the molecule is COc1ccccc1CNC(=O)c1cccc(NN)n1. The molecule has 0 spiro atoms. The Balaban J connectivity index is 2.04. The van der Waals surface area contributed by atoms with Gasteiger partial charge in [0.2, 0.25) is 0 Å². The van der Waals surface area contributed by atoms with Crippen LogP contribution in [-0.4, -0.2) is 18.0 Å². The lowest BCUT2D eigenvalue weighted by Gasteiger charge is -2.09. The fourth-order valence-corrected chi connectivity index (χ4v) is 1.76. The van der Waals surface area contributed by atoms with Crippen molar-refractivity contribution in [1.82, 2.24) is 10.3 Å². The fourth-order valence-electron chi connectivity index (χ4n) is 1.76. The summed E-state index contributed by atoms with van der Waals surface area (Å²) in [6, 6.07) is 12.5. The van der Waals surface area contributed by atoms with Crippen LogP contribution in [0.5, 0.6) is 5.75 Å². The quantitative estimate of drug-likeness (QED) is 0.564. The third-order valence-electron chi connectivity index (χ3n) is 2.76. The van der Waals surface area contributed by atoms with Crippen LogP contribution >= 0.6 is 0 Å². The number of nitrogens with two attached hydrogens (primary N) is 1. The fraction of sp³-hybridized carbons (Fsp3) is 0.143. The average molecular weight is 272 g/mol. The van der Waals surface area contributed by atoms with Crippen LogP contribution in [0.4, 0.5) is 5.82 Å². The summed E-state index contributed by atoms with van der Waals surface area (Å²) in [4.78, 5) is 16.1. The van der Waals surface area contributed by atoms with Gasteiger partial charge in [-0.15, -0.1) is 0 Å². The summed E-state index contributed by atoms with van der Waals surface area (Å²) in [6.07, 6.45) is 0. The molecule has 0 unspecified atom stereocenters. The third-order valence-corrected chi connectivity index (χ3v) is 2.76. The van der Waals surface area contributed by atoms with Crippen LogP contribution in [0.2, 0.25) is 0 Å². The Labute approximate surface area is 116 Å². The number of aromatic nitrogens is 1. The van der Waals surface area contributed by atoms with E-state index in [0.717, 1.165) is 11.3 Å². The van der Waals surface area contributed by atoms with Crippen LogP contribution in [0, 0.1) is 0 Å². The highest BCUT2D eigenvalue weighted by Gasteiger charge is 2.09. The van der Waals surface area contributed by atoms with Crippen molar-refractivity contribution in [1.29, 1.82) is 0 Å². The summed E-state index contributed by atoms with van der Waals surface area (Å²) in [6.45, 7) is 0.366. The zero-order chi connectivity index (χ0) is 14.4. The maximum Gasteiger partial charge on any atom is 0.270 e. The van der Waals surface area contributed by atoms with Crippen molar-refractivity contribution < 1.29 is 9.53 Å². The standard InChI is InChI=1S/C14H16N4O2/c1-20-12-7-3-2-5-10(12)9-16-14(19)11-6-4-8-13(17-11)18-15/h2-8H,9,15H2,1H3,(H,16,19)(H,17,18). The molecule has 6 nitrogen and oxygen atoms in total. The first kappa shape index (κ1) is 13.8. The van der Waals surface area contributed by atoms with Crippen LogP contribution in [0.1, 0.15) is 16.1 Å². The molecule has 1 heterocycles. The van der Waals surface area contributed by atoms with Gasteiger partial charge in [-0.1, -0.05) is 24.3 Å². The number of pyridine rings is 1. The number of benzene rings is 1. The Kier molecular flexibility index (Phi) is 4.52. The maximum absolute atomic E-state index is 12.0. The first-order chi connectivity index (χ1) is 9.74. The summed E-state index contributed by atoms with van der Waals surface area (Å²) in [7, 11) is 1.60. The molecule has 0 bridgehead atoms. The van der Waals surface area contributed by atoms with Gasteiger partial charge < -0.3 is 15.5 Å². The van der Waals surface area contributed by atoms with Crippen molar-refractivity contribution in [2.75, 3.05) is 12.5 Å². The number of anilines is 1. The number of hydrogen-bond donors (Lipinski definition) is 3. The van der Waals surface area contributed by atoms with Gasteiger partial charge in [-0.3, -0.25) is 4.79 Å². The van der Waals surface area contributed by atoms with Gasteiger partial charge in [0, 0.05) is 12.1 Å². The normalized spacial score (nSPS) is 9.90. The predicted molar refractivity (Wildman–Crippen MR) is 76.2 cm³/mol. The Hall–Kier alpha value is -2.60. The van der Waals surface area contributed by atoms with Crippen molar-refractivity contribution in [2.45, 2.75) is 6.54 Å². The molecule has 0 atom stereocenters. The molecule has 2 rings (SSSR count). The highest BCUT2D eigenvalue weighted by molar-refractivity contribution is 5.92. The number of hydrazine groups is 1. The number of hydrogen-bond acceptors (Lipinski definition) is 5. The average Bonchev–Trinajstić information content (AvgIpc) is 2.52. The number of amides is 1. The van der Waals surface area contributed by atoms with Gasteiger partial charge in [-0.25, -0.2) is 10.8 Å². The minimum Gasteiger partial charge on any atom is -0.496 e. The first-order valence-electron chi connectivity index (χ1n) is 6.08. The van der Waals surface area contributed by atoms with E-state index in [1.165, 1.54) is 0 Å². The van der Waals surface area contributed by atoms with Gasteiger partial charge in [-0.2, -0.15) is 0 Å². The Morgan fingerprint density at radius 2 is 2.05 bits per heavy atom. The zero-order valence-electron chi connectivity index (χ0n) is 11.1. The number of ether oxygens (including phenoxy) is 1. The van der Waals surface area contributed by atoms with E-state index in [4.69, 9.17) is 10.6 Å².